The molecular formula is C18H16N2O. The van der Waals surface area contributed by atoms with Crippen LogP contribution in [-0.4, -0.2) is 15.8 Å². The highest BCUT2D eigenvalue weighted by atomic mass is 16.1. The van der Waals surface area contributed by atoms with Crippen LogP contribution < -0.4 is 0 Å². The van der Waals surface area contributed by atoms with Crippen LogP contribution in [0.25, 0.3) is 10.9 Å². The lowest BCUT2D eigenvalue weighted by molar-refractivity contribution is 0.0971. The third-order valence-corrected chi connectivity index (χ3v) is 3.64. The molecule has 2 heterocycles. The Hall–Kier alpha value is -2.55. The summed E-state index contributed by atoms with van der Waals surface area (Å²) in [6, 6.07) is 15.6. The minimum Gasteiger partial charge on any atom is -0.292 e. The first-order valence-electron chi connectivity index (χ1n) is 7.03. The first kappa shape index (κ1) is 13.4. The van der Waals surface area contributed by atoms with E-state index in [-0.39, 0.29) is 11.7 Å². The minimum absolute atomic E-state index is 0.0741. The van der Waals surface area contributed by atoms with E-state index in [1.54, 1.807) is 18.5 Å². The highest BCUT2D eigenvalue weighted by Crippen LogP contribution is 2.21. The highest BCUT2D eigenvalue weighted by Gasteiger charge is 2.14. The maximum absolute atomic E-state index is 12.4. The fourth-order valence-corrected chi connectivity index (χ4v) is 2.40. The number of nitrogens with zero attached hydrogens (tertiary/aromatic N) is 2. The number of fused-ring (bicyclic) bond motifs is 1. The van der Waals surface area contributed by atoms with Gasteiger partial charge in [0.2, 0.25) is 0 Å². The average Bonchev–Trinajstić information content (AvgIpc) is 2.55. The Morgan fingerprint density at radius 3 is 2.71 bits per heavy atom. The van der Waals surface area contributed by atoms with Gasteiger partial charge in [0.05, 0.1) is 5.52 Å². The number of carbonyl (C=O) groups is 1. The van der Waals surface area contributed by atoms with Gasteiger partial charge < -0.3 is 0 Å². The zero-order valence-corrected chi connectivity index (χ0v) is 11.9. The summed E-state index contributed by atoms with van der Waals surface area (Å²) in [5, 5.41) is 0.949. The molecule has 0 aliphatic rings. The average molecular weight is 276 g/mol. The summed E-state index contributed by atoms with van der Waals surface area (Å²) >= 11 is 0. The number of aromatic nitrogens is 2. The fourth-order valence-electron chi connectivity index (χ4n) is 2.40. The molecule has 3 aromatic rings. The Labute approximate surface area is 123 Å². The van der Waals surface area contributed by atoms with Crippen molar-refractivity contribution in [3.63, 3.8) is 0 Å². The Morgan fingerprint density at radius 2 is 1.90 bits per heavy atom. The van der Waals surface area contributed by atoms with Gasteiger partial charge in [0, 0.05) is 24.2 Å². The van der Waals surface area contributed by atoms with Gasteiger partial charge in [0.1, 0.15) is 5.69 Å². The van der Waals surface area contributed by atoms with Gasteiger partial charge in [0.25, 0.3) is 0 Å². The molecule has 3 rings (SSSR count). The first-order chi connectivity index (χ1) is 10.2. The van der Waals surface area contributed by atoms with Crippen LogP contribution >= 0.6 is 0 Å². The van der Waals surface area contributed by atoms with Crippen LogP contribution in [0.3, 0.4) is 0 Å². The van der Waals surface area contributed by atoms with Gasteiger partial charge in [-0.1, -0.05) is 37.3 Å². The number of ketones is 1. The second-order valence-electron chi connectivity index (χ2n) is 5.20. The highest BCUT2D eigenvalue weighted by molar-refractivity contribution is 5.96. The lowest BCUT2D eigenvalue weighted by Gasteiger charge is -2.10. The summed E-state index contributed by atoms with van der Waals surface area (Å²) in [7, 11) is 0. The van der Waals surface area contributed by atoms with Crippen molar-refractivity contribution < 1.29 is 4.79 Å². The van der Waals surface area contributed by atoms with Crippen molar-refractivity contribution in [2.45, 2.75) is 19.3 Å². The lowest BCUT2D eigenvalue weighted by Crippen LogP contribution is -2.07. The summed E-state index contributed by atoms with van der Waals surface area (Å²) in [6.07, 6.45) is 3.91. The van der Waals surface area contributed by atoms with Gasteiger partial charge in [-0.15, -0.1) is 0 Å². The predicted octanol–water partition coefficient (Wildman–Crippen LogP) is 4.01. The van der Waals surface area contributed by atoms with Gasteiger partial charge >= 0.3 is 0 Å². The molecule has 0 N–H and O–H groups in total. The topological polar surface area (TPSA) is 42.9 Å². The number of hydrogen-bond donors (Lipinski definition) is 0. The standard InChI is InChI=1S/C18H16N2O/c1-13(14-5-3-2-4-6-14)11-18(21)17-8-7-15-12-19-10-9-16(15)20-17/h2-10,12-13H,11H2,1H3/t13-/m1/s1. The van der Waals surface area contributed by atoms with E-state index in [1.807, 2.05) is 30.3 Å². The van der Waals surface area contributed by atoms with Gasteiger partial charge in [0.15, 0.2) is 5.78 Å². The molecule has 21 heavy (non-hydrogen) atoms. The van der Waals surface area contributed by atoms with E-state index in [2.05, 4.69) is 29.0 Å². The fraction of sp³-hybridized carbons (Fsp3) is 0.167. The summed E-state index contributed by atoms with van der Waals surface area (Å²) in [4.78, 5) is 20.9. The van der Waals surface area contributed by atoms with Crippen molar-refractivity contribution in [3.05, 3.63) is 72.2 Å². The molecule has 1 aromatic carbocycles. The summed E-state index contributed by atoms with van der Waals surface area (Å²) in [5.74, 6) is 0.263. The SMILES string of the molecule is C[C@H](CC(=O)c1ccc2cnccc2n1)c1ccccc1. The quantitative estimate of drug-likeness (QED) is 0.676. The van der Waals surface area contributed by atoms with Crippen LogP contribution in [0.5, 0.6) is 0 Å². The Bertz CT molecular complexity index is 768. The summed E-state index contributed by atoms with van der Waals surface area (Å²) < 4.78 is 0. The minimum atomic E-state index is 0.0741. The molecule has 0 aliphatic heterocycles. The van der Waals surface area contributed by atoms with E-state index in [1.165, 1.54) is 5.56 Å². The monoisotopic (exact) mass is 276 g/mol. The third kappa shape index (κ3) is 2.97. The molecule has 0 fully saturated rings. The molecule has 3 nitrogen and oxygen atoms in total. The van der Waals surface area contributed by atoms with Crippen LogP contribution in [0.15, 0.2) is 60.9 Å². The number of rotatable bonds is 4. The molecule has 2 aromatic heterocycles. The molecule has 0 aliphatic carbocycles. The van der Waals surface area contributed by atoms with E-state index in [0.717, 1.165) is 10.9 Å². The number of benzene rings is 1. The Balaban J connectivity index is 1.80. The predicted molar refractivity (Wildman–Crippen MR) is 83.3 cm³/mol. The van der Waals surface area contributed by atoms with E-state index in [0.29, 0.717) is 12.1 Å². The largest absolute Gasteiger partial charge is 0.292 e. The van der Waals surface area contributed by atoms with Crippen molar-refractivity contribution in [2.24, 2.45) is 0 Å². The molecule has 0 saturated carbocycles. The maximum Gasteiger partial charge on any atom is 0.181 e. The second kappa shape index (κ2) is 5.83. The molecule has 104 valence electrons. The molecule has 0 amide bonds. The third-order valence-electron chi connectivity index (χ3n) is 3.64. The normalized spacial score (nSPS) is 12.2. The van der Waals surface area contributed by atoms with Gasteiger partial charge in [-0.3, -0.25) is 9.78 Å². The number of carbonyl (C=O) groups excluding carboxylic acids is 1. The Kier molecular flexibility index (Phi) is 3.73. The van der Waals surface area contributed by atoms with Gasteiger partial charge in [-0.05, 0) is 29.7 Å². The zero-order valence-electron chi connectivity index (χ0n) is 11.9. The number of pyridine rings is 2. The van der Waals surface area contributed by atoms with Gasteiger partial charge in [-0.2, -0.15) is 0 Å². The number of hydrogen-bond acceptors (Lipinski definition) is 3. The van der Waals surface area contributed by atoms with E-state index in [4.69, 9.17) is 0 Å². The van der Waals surface area contributed by atoms with E-state index >= 15 is 0 Å². The van der Waals surface area contributed by atoms with Gasteiger partial charge in [-0.25, -0.2) is 4.98 Å². The Morgan fingerprint density at radius 1 is 1.10 bits per heavy atom. The van der Waals surface area contributed by atoms with E-state index in [9.17, 15) is 4.79 Å². The molecule has 0 spiro atoms. The van der Waals surface area contributed by atoms with Crippen molar-refractivity contribution in [2.75, 3.05) is 0 Å². The van der Waals surface area contributed by atoms with Crippen LogP contribution in [-0.2, 0) is 0 Å². The van der Waals surface area contributed by atoms with Crippen LogP contribution in [0.1, 0.15) is 35.3 Å². The van der Waals surface area contributed by atoms with Crippen LogP contribution in [0.2, 0.25) is 0 Å². The molecule has 0 unspecified atom stereocenters. The first-order valence-corrected chi connectivity index (χ1v) is 7.03. The van der Waals surface area contributed by atoms with Crippen LogP contribution in [0.4, 0.5) is 0 Å². The number of Topliss-reactive ketones (excluding diaryl/α,β-unsaturated/α-hetero) is 1. The molecule has 3 heteroatoms. The van der Waals surface area contributed by atoms with Crippen molar-refractivity contribution >= 4 is 16.7 Å². The second-order valence-corrected chi connectivity index (χ2v) is 5.20. The summed E-state index contributed by atoms with van der Waals surface area (Å²) in [5.41, 5.74) is 2.51. The van der Waals surface area contributed by atoms with E-state index < -0.39 is 0 Å². The molecule has 1 atom stereocenters. The zero-order chi connectivity index (χ0) is 14.7. The lowest BCUT2D eigenvalue weighted by atomic mass is 9.94. The van der Waals surface area contributed by atoms with Crippen molar-refractivity contribution in [1.29, 1.82) is 0 Å². The summed E-state index contributed by atoms with van der Waals surface area (Å²) in [6.45, 7) is 2.07. The van der Waals surface area contributed by atoms with Crippen LogP contribution in [0, 0.1) is 0 Å². The van der Waals surface area contributed by atoms with Crippen molar-refractivity contribution in [1.82, 2.24) is 9.97 Å². The molecule has 0 bridgehead atoms. The molecule has 0 radical (unpaired) electrons. The molecule has 0 saturated heterocycles. The maximum atomic E-state index is 12.4. The van der Waals surface area contributed by atoms with Crippen molar-refractivity contribution in [3.8, 4) is 0 Å². The smallest absolute Gasteiger partial charge is 0.181 e. The molecular weight excluding hydrogens is 260 g/mol.